The van der Waals surface area contributed by atoms with Crippen molar-refractivity contribution >= 4 is 27.7 Å². The third-order valence-electron chi connectivity index (χ3n) is 3.61. The van der Waals surface area contributed by atoms with Crippen LogP contribution in [0.5, 0.6) is 11.5 Å². The highest BCUT2D eigenvalue weighted by Gasteiger charge is 2.32. The molecule has 0 heterocycles. The fourth-order valence-corrected chi connectivity index (χ4v) is 2.81. The smallest absolute Gasteiger partial charge is 0.489 e. The Morgan fingerprint density at radius 2 is 1.77 bits per heavy atom. The molecule has 0 spiro atoms. The van der Waals surface area contributed by atoms with Crippen molar-refractivity contribution < 1.29 is 44.6 Å². The van der Waals surface area contributed by atoms with Crippen molar-refractivity contribution in [3.63, 3.8) is 0 Å². The molecule has 2 aromatic rings. The van der Waals surface area contributed by atoms with E-state index in [0.717, 1.165) is 32.3 Å². The van der Waals surface area contributed by atoms with E-state index in [1.807, 2.05) is 0 Å². The first-order chi connectivity index (χ1) is 14.2. The van der Waals surface area contributed by atoms with Gasteiger partial charge in [0.25, 0.3) is 5.91 Å². The second kappa shape index (κ2) is 9.24. The number of hydrogen-bond acceptors (Lipinski definition) is 5. The Morgan fingerprint density at radius 3 is 2.32 bits per heavy atom. The van der Waals surface area contributed by atoms with Gasteiger partial charge in [0, 0.05) is 25.7 Å². The van der Waals surface area contributed by atoms with Gasteiger partial charge in [-0.25, -0.2) is 13.5 Å². The molecule has 0 atom stereocenters. The normalized spacial score (nSPS) is 12.0. The van der Waals surface area contributed by atoms with E-state index in [1.165, 1.54) is 0 Å². The fourth-order valence-electron chi connectivity index (χ4n) is 2.08. The zero-order valence-electron chi connectivity index (χ0n) is 15.8. The van der Waals surface area contributed by atoms with Crippen LogP contribution in [0.15, 0.2) is 30.3 Å². The summed E-state index contributed by atoms with van der Waals surface area (Å²) >= 11 is 5.67. The van der Waals surface area contributed by atoms with E-state index in [-0.39, 0.29) is 11.3 Å². The zero-order chi connectivity index (χ0) is 23.6. The van der Waals surface area contributed by atoms with E-state index in [4.69, 9.17) is 16.3 Å². The molecule has 0 bridgehead atoms. The van der Waals surface area contributed by atoms with Gasteiger partial charge in [0.2, 0.25) is 0 Å². The first kappa shape index (κ1) is 24.6. The minimum atomic E-state index is -4.95. The lowest BCUT2D eigenvalue weighted by molar-refractivity contribution is -0.274. The number of nitrogens with zero attached hydrogens (tertiary/aromatic N) is 1. The van der Waals surface area contributed by atoms with Gasteiger partial charge in [0.15, 0.2) is 0 Å². The maximum absolute atomic E-state index is 14.3. The van der Waals surface area contributed by atoms with Crippen LogP contribution in [0.25, 0.3) is 0 Å². The highest BCUT2D eigenvalue weighted by Crippen LogP contribution is 2.33. The number of nitrogens with one attached hydrogen (secondary N) is 1. The van der Waals surface area contributed by atoms with Gasteiger partial charge in [-0.3, -0.25) is 4.79 Å². The molecule has 7 nitrogen and oxygen atoms in total. The van der Waals surface area contributed by atoms with Gasteiger partial charge >= 0.3 is 16.6 Å². The van der Waals surface area contributed by atoms with E-state index in [2.05, 4.69) is 4.74 Å². The third kappa shape index (κ3) is 6.67. The third-order valence-corrected chi connectivity index (χ3v) is 5.31. The molecule has 31 heavy (non-hydrogen) atoms. The standard InChI is InChI=1S/C17H14ClF5N2O5S/c1-25(2)31(27,28)24-16(26)11-7-13(19)9(5-14(11)20)8-29-10-3-4-15(12(18)6-10)30-17(21,22)23/h3-7H,8H2,1-2H3,(H,24,26). The minimum Gasteiger partial charge on any atom is -0.489 e. The Morgan fingerprint density at radius 1 is 1.13 bits per heavy atom. The van der Waals surface area contributed by atoms with Crippen molar-refractivity contribution in [3.8, 4) is 11.5 Å². The zero-order valence-corrected chi connectivity index (χ0v) is 17.3. The van der Waals surface area contributed by atoms with Crippen LogP contribution in [0.3, 0.4) is 0 Å². The lowest BCUT2D eigenvalue weighted by atomic mass is 10.1. The van der Waals surface area contributed by atoms with E-state index < -0.39 is 57.1 Å². The number of carbonyl (C=O) groups is 1. The van der Waals surface area contributed by atoms with Crippen LogP contribution in [0.1, 0.15) is 15.9 Å². The SMILES string of the molecule is CN(C)S(=O)(=O)NC(=O)c1cc(F)c(COc2ccc(OC(F)(F)F)c(Cl)c2)cc1F. The molecule has 0 aliphatic carbocycles. The summed E-state index contributed by atoms with van der Waals surface area (Å²) < 4.78 is 99.6. The molecule has 14 heteroatoms. The summed E-state index contributed by atoms with van der Waals surface area (Å²) in [7, 11) is -1.97. The molecule has 1 amide bonds. The van der Waals surface area contributed by atoms with Crippen molar-refractivity contribution in [2.75, 3.05) is 14.1 Å². The summed E-state index contributed by atoms with van der Waals surface area (Å²) in [6.45, 7) is -0.573. The van der Waals surface area contributed by atoms with E-state index in [0.29, 0.717) is 16.4 Å². The molecule has 0 aliphatic heterocycles. The van der Waals surface area contributed by atoms with Crippen LogP contribution in [0.2, 0.25) is 5.02 Å². The van der Waals surface area contributed by atoms with Crippen molar-refractivity contribution in [2.24, 2.45) is 0 Å². The van der Waals surface area contributed by atoms with Crippen LogP contribution in [0, 0.1) is 11.6 Å². The average molecular weight is 489 g/mol. The predicted molar refractivity (Wildman–Crippen MR) is 98.9 cm³/mol. The molecule has 170 valence electrons. The molecule has 2 aromatic carbocycles. The van der Waals surface area contributed by atoms with Gasteiger partial charge in [-0.05, 0) is 24.3 Å². The van der Waals surface area contributed by atoms with Crippen molar-refractivity contribution in [3.05, 3.63) is 58.1 Å². The number of amides is 1. The van der Waals surface area contributed by atoms with Crippen LogP contribution in [-0.4, -0.2) is 39.1 Å². The first-order valence-corrected chi connectivity index (χ1v) is 9.92. The molecule has 0 saturated heterocycles. The van der Waals surface area contributed by atoms with Gasteiger partial charge in [-0.1, -0.05) is 11.6 Å². The maximum Gasteiger partial charge on any atom is 0.573 e. The van der Waals surface area contributed by atoms with Gasteiger partial charge in [0.1, 0.15) is 29.7 Å². The molecule has 0 aliphatic rings. The van der Waals surface area contributed by atoms with Crippen molar-refractivity contribution in [2.45, 2.75) is 13.0 Å². The average Bonchev–Trinajstić information content (AvgIpc) is 2.62. The van der Waals surface area contributed by atoms with Crippen LogP contribution in [-0.2, 0) is 16.8 Å². The van der Waals surface area contributed by atoms with Crippen molar-refractivity contribution in [1.29, 1.82) is 0 Å². The second-order valence-corrected chi connectivity index (χ2v) is 8.36. The number of hydrogen-bond donors (Lipinski definition) is 1. The van der Waals surface area contributed by atoms with Gasteiger partial charge < -0.3 is 9.47 Å². The largest absolute Gasteiger partial charge is 0.573 e. The lowest BCUT2D eigenvalue weighted by Gasteiger charge is -2.14. The minimum absolute atomic E-state index is 0.0711. The highest BCUT2D eigenvalue weighted by molar-refractivity contribution is 7.87. The van der Waals surface area contributed by atoms with E-state index in [1.54, 1.807) is 4.72 Å². The summed E-state index contributed by atoms with van der Waals surface area (Å²) in [5.41, 5.74) is -1.21. The number of carbonyl (C=O) groups excluding carboxylic acids is 1. The molecule has 0 radical (unpaired) electrons. The summed E-state index contributed by atoms with van der Waals surface area (Å²) in [5.74, 6) is -4.44. The molecular formula is C17H14ClF5N2O5S. The number of ether oxygens (including phenoxy) is 2. The second-order valence-electron chi connectivity index (χ2n) is 6.07. The summed E-state index contributed by atoms with van der Waals surface area (Å²) in [5, 5.41) is -0.435. The van der Waals surface area contributed by atoms with Gasteiger partial charge in [-0.2, -0.15) is 12.7 Å². The fraction of sp³-hybridized carbons (Fsp3) is 0.235. The van der Waals surface area contributed by atoms with Gasteiger partial charge in [-0.15, -0.1) is 13.2 Å². The lowest BCUT2D eigenvalue weighted by Crippen LogP contribution is -2.39. The van der Waals surface area contributed by atoms with E-state index in [9.17, 15) is 35.2 Å². The number of rotatable bonds is 7. The van der Waals surface area contributed by atoms with Crippen molar-refractivity contribution in [1.82, 2.24) is 9.03 Å². The predicted octanol–water partition coefficient (Wildman–Crippen LogP) is 3.63. The number of alkyl halides is 3. The summed E-state index contributed by atoms with van der Waals surface area (Å²) in [6.07, 6.45) is -4.95. The van der Waals surface area contributed by atoms with Gasteiger partial charge in [0.05, 0.1) is 10.6 Å². The Bertz CT molecular complexity index is 1090. The molecule has 0 unspecified atom stereocenters. The van der Waals surface area contributed by atoms with Crippen LogP contribution < -0.4 is 14.2 Å². The maximum atomic E-state index is 14.3. The monoisotopic (exact) mass is 488 g/mol. The summed E-state index contributed by atoms with van der Waals surface area (Å²) in [6, 6.07) is 4.03. The topological polar surface area (TPSA) is 84.9 Å². The quantitative estimate of drug-likeness (QED) is 0.602. The molecule has 0 saturated carbocycles. The highest BCUT2D eigenvalue weighted by atomic mass is 35.5. The Balaban J connectivity index is 2.14. The Hall–Kier alpha value is -2.64. The van der Waals surface area contributed by atoms with E-state index >= 15 is 0 Å². The Labute approximate surface area is 178 Å². The molecule has 0 fully saturated rings. The summed E-state index contributed by atoms with van der Waals surface area (Å²) in [4.78, 5) is 11.9. The Kier molecular flexibility index (Phi) is 7.34. The first-order valence-electron chi connectivity index (χ1n) is 8.10. The van der Waals surface area contributed by atoms with Crippen LogP contribution >= 0.6 is 11.6 Å². The number of benzene rings is 2. The number of halogens is 6. The molecular weight excluding hydrogens is 475 g/mol. The van der Waals surface area contributed by atoms with Crippen LogP contribution in [0.4, 0.5) is 22.0 Å². The molecule has 2 rings (SSSR count). The molecule has 0 aromatic heterocycles. The molecule has 1 N–H and O–H groups in total.